The van der Waals surface area contributed by atoms with Gasteiger partial charge in [0.15, 0.2) is 5.17 Å². The molecule has 3 aromatic rings. The van der Waals surface area contributed by atoms with Gasteiger partial charge < -0.3 is 0 Å². The Labute approximate surface area is 213 Å². The average molecular weight is 526 g/mol. The molecule has 2 heterocycles. The van der Waals surface area contributed by atoms with E-state index in [4.69, 9.17) is 23.2 Å². The number of amidine groups is 1. The summed E-state index contributed by atoms with van der Waals surface area (Å²) in [5.74, 6) is -2.17. The van der Waals surface area contributed by atoms with Crippen LogP contribution in [0.3, 0.4) is 0 Å². The fraction of sp³-hybridized carbons (Fsp3) is 0.0400. The monoisotopic (exact) mass is 525 g/mol. The Hall–Kier alpha value is -3.46. The molecule has 0 aromatic heterocycles. The van der Waals surface area contributed by atoms with Crippen LogP contribution in [0.25, 0.3) is 6.08 Å². The minimum atomic E-state index is -0.620. The van der Waals surface area contributed by atoms with Crippen molar-refractivity contribution >= 4 is 69.6 Å². The highest BCUT2D eigenvalue weighted by Crippen LogP contribution is 2.33. The van der Waals surface area contributed by atoms with Crippen LogP contribution >= 0.6 is 35.0 Å². The van der Waals surface area contributed by atoms with Gasteiger partial charge in [0.25, 0.3) is 17.7 Å². The third kappa shape index (κ3) is 4.25. The fourth-order valence-corrected chi connectivity index (χ4v) is 4.94. The highest BCUT2D eigenvalue weighted by atomic mass is 35.5. The smallest absolute Gasteiger partial charge is 0.269 e. The third-order valence-corrected chi connectivity index (χ3v) is 7.03. The summed E-state index contributed by atoms with van der Waals surface area (Å²) in [6.07, 6.45) is 1.51. The highest BCUT2D eigenvalue weighted by molar-refractivity contribution is 8.14. The van der Waals surface area contributed by atoms with Crippen molar-refractivity contribution in [2.75, 3.05) is 10.8 Å². The van der Waals surface area contributed by atoms with Crippen molar-refractivity contribution in [2.24, 2.45) is 4.99 Å². The number of nitrogens with zero attached hydrogens (tertiary/aromatic N) is 3. The van der Waals surface area contributed by atoms with Crippen LogP contribution in [-0.2, 0) is 4.79 Å². The number of carbonyl (C=O) groups excluding carboxylic acids is 3. The zero-order valence-corrected chi connectivity index (χ0v) is 20.1. The van der Waals surface area contributed by atoms with Gasteiger partial charge >= 0.3 is 0 Å². The quantitative estimate of drug-likeness (QED) is 0.315. The number of anilines is 1. The van der Waals surface area contributed by atoms with Gasteiger partial charge in [-0.3, -0.25) is 24.2 Å². The van der Waals surface area contributed by atoms with E-state index in [1.54, 1.807) is 48.5 Å². The lowest BCUT2D eigenvalue weighted by atomic mass is 10.1. The number of thioether (sulfide) groups is 1. The Balaban J connectivity index is 1.48. The molecule has 2 aliphatic heterocycles. The molecule has 35 heavy (non-hydrogen) atoms. The predicted molar refractivity (Wildman–Crippen MR) is 135 cm³/mol. The van der Waals surface area contributed by atoms with Gasteiger partial charge in [0.2, 0.25) is 0 Å². The molecule has 2 aliphatic rings. The summed E-state index contributed by atoms with van der Waals surface area (Å²) in [7, 11) is 0. The second-order valence-corrected chi connectivity index (χ2v) is 9.27. The van der Waals surface area contributed by atoms with Crippen LogP contribution in [-0.4, -0.2) is 33.7 Å². The first-order valence-electron chi connectivity index (χ1n) is 10.3. The van der Waals surface area contributed by atoms with Crippen LogP contribution in [0.1, 0.15) is 26.3 Å². The van der Waals surface area contributed by atoms with E-state index in [2.05, 4.69) is 4.99 Å². The van der Waals surface area contributed by atoms with Crippen molar-refractivity contribution < 1.29 is 18.8 Å². The summed E-state index contributed by atoms with van der Waals surface area (Å²) in [4.78, 5) is 45.3. The number of benzene rings is 3. The first kappa shape index (κ1) is 23.3. The molecule has 0 N–H and O–H groups in total. The molecule has 0 saturated heterocycles. The minimum Gasteiger partial charge on any atom is -0.269 e. The number of hydrogen-bond acceptors (Lipinski definition) is 5. The van der Waals surface area contributed by atoms with Crippen molar-refractivity contribution in [3.8, 4) is 0 Å². The lowest BCUT2D eigenvalue weighted by Gasteiger charge is -2.20. The van der Waals surface area contributed by atoms with E-state index in [-0.39, 0.29) is 22.4 Å². The van der Waals surface area contributed by atoms with E-state index in [1.807, 2.05) is 0 Å². The molecular weight excluding hydrogens is 512 g/mol. The van der Waals surface area contributed by atoms with Gasteiger partial charge in [-0.25, -0.2) is 9.38 Å². The fourth-order valence-electron chi connectivity index (χ4n) is 3.68. The number of amides is 3. The van der Waals surface area contributed by atoms with Gasteiger partial charge in [-0.15, -0.1) is 0 Å². The van der Waals surface area contributed by atoms with Crippen molar-refractivity contribution in [1.82, 2.24) is 4.90 Å². The second kappa shape index (κ2) is 9.30. The number of fused-ring (bicyclic) bond motifs is 1. The normalized spacial score (nSPS) is 16.4. The summed E-state index contributed by atoms with van der Waals surface area (Å²) in [5.41, 5.74) is 1.24. The number of rotatable bonds is 4. The number of halogens is 3. The van der Waals surface area contributed by atoms with Crippen LogP contribution in [0.5, 0.6) is 0 Å². The number of imide groups is 1. The number of hydrogen-bond donors (Lipinski definition) is 0. The van der Waals surface area contributed by atoms with E-state index in [9.17, 15) is 18.8 Å². The summed E-state index contributed by atoms with van der Waals surface area (Å²) >= 11 is 13.0. The Morgan fingerprint density at radius 2 is 1.51 bits per heavy atom. The van der Waals surface area contributed by atoms with E-state index in [1.165, 1.54) is 24.3 Å². The SMILES string of the molecule is O=C1c2ccccc2C(=O)N1CSC1=N/C(=C/c2ccc(Cl)c(Cl)c2)C(=O)N1c1ccccc1F. The Morgan fingerprint density at radius 3 is 2.17 bits per heavy atom. The summed E-state index contributed by atoms with van der Waals surface area (Å²) in [6, 6.07) is 17.2. The Bertz CT molecular complexity index is 1440. The minimum absolute atomic E-state index is 0.00338. The van der Waals surface area contributed by atoms with Crippen LogP contribution in [0.4, 0.5) is 10.1 Å². The van der Waals surface area contributed by atoms with E-state index in [0.717, 1.165) is 21.6 Å². The van der Waals surface area contributed by atoms with Gasteiger partial charge in [-0.1, -0.05) is 65.3 Å². The van der Waals surface area contributed by atoms with Crippen molar-refractivity contribution in [2.45, 2.75) is 0 Å². The van der Waals surface area contributed by atoms with Crippen LogP contribution in [0.2, 0.25) is 10.0 Å². The standard InChI is InChI=1S/C25H14Cl2FN3O3S/c26-17-10-9-14(11-18(17)27)12-20-24(34)31(21-8-4-3-7-19(21)28)25(29-20)35-13-30-22(32)15-5-1-2-6-16(15)23(30)33/h1-12H,13H2/b20-12+. The maximum absolute atomic E-state index is 14.7. The molecule has 0 fully saturated rings. The zero-order chi connectivity index (χ0) is 24.7. The Kier molecular flexibility index (Phi) is 6.19. The maximum atomic E-state index is 14.7. The molecule has 0 atom stereocenters. The average Bonchev–Trinajstić information content (AvgIpc) is 3.28. The predicted octanol–water partition coefficient (Wildman–Crippen LogP) is 5.86. The molecule has 6 nitrogen and oxygen atoms in total. The number of aliphatic imine (C=N–C) groups is 1. The lowest BCUT2D eigenvalue weighted by Crippen LogP contribution is -2.34. The molecular formula is C25H14Cl2FN3O3S. The zero-order valence-electron chi connectivity index (χ0n) is 17.7. The van der Waals surface area contributed by atoms with Gasteiger partial charge in [0.05, 0.1) is 32.7 Å². The third-order valence-electron chi connectivity index (χ3n) is 5.37. The van der Waals surface area contributed by atoms with Crippen molar-refractivity contribution in [3.05, 3.63) is 105 Å². The van der Waals surface area contributed by atoms with Crippen molar-refractivity contribution in [1.29, 1.82) is 0 Å². The number of para-hydroxylation sites is 1. The van der Waals surface area contributed by atoms with E-state index >= 15 is 0 Å². The Morgan fingerprint density at radius 1 is 0.857 bits per heavy atom. The summed E-state index contributed by atoms with van der Waals surface area (Å²) < 4.78 is 14.7. The molecule has 3 aromatic carbocycles. The summed E-state index contributed by atoms with van der Waals surface area (Å²) in [6.45, 7) is 0. The van der Waals surface area contributed by atoms with Gasteiger partial charge in [-0.2, -0.15) is 0 Å². The van der Waals surface area contributed by atoms with Crippen LogP contribution < -0.4 is 4.90 Å². The first-order valence-corrected chi connectivity index (χ1v) is 12.0. The molecule has 3 amide bonds. The molecule has 0 radical (unpaired) electrons. The van der Waals surface area contributed by atoms with Gasteiger partial charge in [0, 0.05) is 0 Å². The van der Waals surface area contributed by atoms with E-state index in [0.29, 0.717) is 26.7 Å². The van der Waals surface area contributed by atoms with Gasteiger partial charge in [-0.05, 0) is 48.0 Å². The molecule has 10 heteroatoms. The topological polar surface area (TPSA) is 70.0 Å². The molecule has 5 rings (SSSR count). The van der Waals surface area contributed by atoms with E-state index < -0.39 is 23.5 Å². The second-order valence-electron chi connectivity index (χ2n) is 7.55. The van der Waals surface area contributed by atoms with Gasteiger partial charge in [0.1, 0.15) is 11.5 Å². The molecule has 0 bridgehead atoms. The largest absolute Gasteiger partial charge is 0.283 e. The maximum Gasteiger partial charge on any atom is 0.283 e. The number of carbonyl (C=O) groups is 3. The highest BCUT2D eigenvalue weighted by Gasteiger charge is 2.38. The first-order chi connectivity index (χ1) is 16.8. The van der Waals surface area contributed by atoms with Crippen LogP contribution in [0.15, 0.2) is 77.4 Å². The van der Waals surface area contributed by atoms with Crippen molar-refractivity contribution in [3.63, 3.8) is 0 Å². The molecule has 174 valence electrons. The lowest BCUT2D eigenvalue weighted by molar-refractivity contribution is -0.113. The molecule has 0 aliphatic carbocycles. The molecule has 0 spiro atoms. The molecule has 0 saturated carbocycles. The summed E-state index contributed by atoms with van der Waals surface area (Å²) in [5, 5.41) is 0.796. The van der Waals surface area contributed by atoms with Crippen LogP contribution in [0, 0.1) is 5.82 Å². The molecule has 0 unspecified atom stereocenters.